The lowest BCUT2D eigenvalue weighted by atomic mass is 9.86. The highest BCUT2D eigenvalue weighted by molar-refractivity contribution is 7.77. The lowest BCUT2D eigenvalue weighted by molar-refractivity contribution is -0.0736. The number of nitrogens with zero attached hydrogens (tertiary/aromatic N) is 1. The van der Waals surface area contributed by atoms with Crippen LogP contribution in [-0.4, -0.2) is 76.2 Å². The number of phenolic OH excluding ortho intramolecular Hbond substituents is 1. The molecule has 0 unspecified atom stereocenters. The topological polar surface area (TPSA) is 94.4 Å². The number of ether oxygens (including phenoxy) is 2. The monoisotopic (exact) mass is 757 g/mol. The van der Waals surface area contributed by atoms with Crippen molar-refractivity contribution in [3.63, 3.8) is 0 Å². The molecule has 0 aliphatic carbocycles. The molecule has 54 heavy (non-hydrogen) atoms. The van der Waals surface area contributed by atoms with Crippen molar-refractivity contribution in [2.24, 2.45) is 0 Å². The molecule has 0 saturated heterocycles. The Hall–Kier alpha value is -3.53. The number of thiol groups is 1. The Labute approximate surface area is 329 Å². The molecule has 7 nitrogen and oxygen atoms in total. The number of aliphatic hydroxyl groups is 1. The molecule has 0 heterocycles. The van der Waals surface area contributed by atoms with Gasteiger partial charge in [0, 0.05) is 48.5 Å². The minimum absolute atomic E-state index is 0.0943. The van der Waals surface area contributed by atoms with E-state index >= 15 is 0 Å². The number of benzene rings is 4. The fourth-order valence-corrected chi connectivity index (χ4v) is 7.87. The summed E-state index contributed by atoms with van der Waals surface area (Å²) in [6, 6.07) is 31.1. The number of aromatic hydroxyl groups is 2. The minimum atomic E-state index is -0.305. The number of aliphatic hydroxyl groups excluding tert-OH is 1. The predicted molar refractivity (Wildman–Crippen MR) is 226 cm³/mol. The zero-order chi connectivity index (χ0) is 39.1. The second-order valence-electron chi connectivity index (χ2n) is 15.5. The highest BCUT2D eigenvalue weighted by atomic mass is 32.2. The molecule has 0 spiro atoms. The molecule has 4 rings (SSSR count). The van der Waals surface area contributed by atoms with Gasteiger partial charge in [-0.15, -0.1) is 0 Å². The molecule has 0 saturated carbocycles. The molecule has 0 fully saturated rings. The normalized spacial score (nSPS) is 13.2. The van der Waals surface area contributed by atoms with Gasteiger partial charge >= 0.3 is 0 Å². The summed E-state index contributed by atoms with van der Waals surface area (Å²) in [5, 5.41) is 34.5. The molecule has 0 bridgehead atoms. The third-order valence-electron chi connectivity index (χ3n) is 10.2. The summed E-state index contributed by atoms with van der Waals surface area (Å²) in [6.45, 7) is 15.9. The van der Waals surface area contributed by atoms with E-state index in [-0.39, 0.29) is 30.0 Å². The van der Waals surface area contributed by atoms with E-state index in [1.54, 1.807) is 6.07 Å². The van der Waals surface area contributed by atoms with E-state index in [0.29, 0.717) is 36.5 Å². The molecule has 0 aromatic heterocycles. The molecule has 0 aliphatic heterocycles. The number of phenols is 2. The van der Waals surface area contributed by atoms with Crippen LogP contribution in [-0.2, 0) is 35.9 Å². The van der Waals surface area contributed by atoms with Crippen LogP contribution in [0.4, 0.5) is 0 Å². The smallest absolute Gasteiger partial charge is 0.121 e. The first-order valence-electron chi connectivity index (χ1n) is 19.6. The van der Waals surface area contributed by atoms with Crippen molar-refractivity contribution in [3.05, 3.63) is 124 Å². The van der Waals surface area contributed by atoms with Crippen LogP contribution in [0.2, 0.25) is 0 Å². The summed E-state index contributed by atoms with van der Waals surface area (Å²) in [6.07, 6.45) is 5.40. The molecular formula is C46H65N2O5S+. The van der Waals surface area contributed by atoms with Gasteiger partial charge < -0.3 is 30.1 Å². The van der Waals surface area contributed by atoms with Crippen LogP contribution in [0.25, 0.3) is 0 Å². The SMILES string of the molecule is C[SH+]CCC(C)(C)O[C@@H](CNCCc1ccc(OCCc2ccc(O)c([C@H](CCN(C(C)C)C(C)C)c3ccccc3)c2)cc1)c1ccc(O)c(CO)c1. The van der Waals surface area contributed by atoms with Crippen LogP contribution in [0.1, 0.15) is 99.8 Å². The summed E-state index contributed by atoms with van der Waals surface area (Å²) < 4.78 is 12.8. The molecule has 0 radical (unpaired) electrons. The zero-order valence-corrected chi connectivity index (χ0v) is 34.5. The second kappa shape index (κ2) is 21.5. The van der Waals surface area contributed by atoms with E-state index in [1.807, 2.05) is 42.5 Å². The standard InChI is InChI=1S/C46H64N2O5S/c1-33(2)48(34(3)4)26-22-41(37-11-9-8-10-12-37)42-29-36(15-19-44(42)51)23-27-52-40-17-13-35(14-18-40)21-25-47-31-45(53-46(5,6)24-28-54-7)38-16-20-43(50)39(30-38)32-49/h8-20,29-30,33-34,41,45,47,49-51H,21-28,31-32H2,1-7H3/p+1/t41-,45+/m1/s1. The summed E-state index contributed by atoms with van der Waals surface area (Å²) >= 11 is 1.34. The molecule has 294 valence electrons. The molecular weight excluding hydrogens is 693 g/mol. The third-order valence-corrected chi connectivity index (χ3v) is 10.9. The molecule has 4 aromatic carbocycles. The van der Waals surface area contributed by atoms with Crippen LogP contribution in [0, 0.1) is 0 Å². The highest BCUT2D eigenvalue weighted by Gasteiger charge is 2.26. The second-order valence-corrected chi connectivity index (χ2v) is 16.5. The lowest BCUT2D eigenvalue weighted by Gasteiger charge is -2.32. The van der Waals surface area contributed by atoms with Crippen LogP contribution in [0.3, 0.4) is 0 Å². The third kappa shape index (κ3) is 13.3. The van der Waals surface area contributed by atoms with Crippen molar-refractivity contribution < 1.29 is 24.8 Å². The Balaban J connectivity index is 1.32. The van der Waals surface area contributed by atoms with E-state index in [2.05, 4.69) is 100 Å². The first kappa shape index (κ1) is 43.2. The van der Waals surface area contributed by atoms with E-state index in [4.69, 9.17) is 9.47 Å². The van der Waals surface area contributed by atoms with Crippen LogP contribution >= 0.6 is 0 Å². The van der Waals surface area contributed by atoms with Crippen LogP contribution in [0.15, 0.2) is 91.0 Å². The molecule has 4 N–H and O–H groups in total. The van der Waals surface area contributed by atoms with E-state index < -0.39 is 0 Å². The van der Waals surface area contributed by atoms with E-state index in [0.717, 1.165) is 67.0 Å². The van der Waals surface area contributed by atoms with Crippen molar-refractivity contribution >= 4 is 11.8 Å². The number of nitrogens with one attached hydrogen (secondary N) is 1. The van der Waals surface area contributed by atoms with Crippen LogP contribution < -0.4 is 10.1 Å². The lowest BCUT2D eigenvalue weighted by Crippen LogP contribution is -2.38. The van der Waals surface area contributed by atoms with Gasteiger partial charge in [0.1, 0.15) is 23.0 Å². The van der Waals surface area contributed by atoms with Gasteiger partial charge in [-0.2, -0.15) is 0 Å². The summed E-state index contributed by atoms with van der Waals surface area (Å²) in [5.41, 5.74) is 5.69. The molecule has 0 aliphatic rings. The van der Waals surface area contributed by atoms with Gasteiger partial charge in [-0.3, -0.25) is 4.90 Å². The molecule has 4 aromatic rings. The van der Waals surface area contributed by atoms with Gasteiger partial charge in [-0.1, -0.05) is 60.7 Å². The fraction of sp³-hybridized carbons (Fsp3) is 0.478. The van der Waals surface area contributed by atoms with E-state index in [9.17, 15) is 15.3 Å². The Morgan fingerprint density at radius 1 is 0.796 bits per heavy atom. The number of hydrogen-bond donors (Lipinski definition) is 4. The number of hydrogen-bond acceptors (Lipinski definition) is 7. The molecule has 2 atom stereocenters. The summed E-state index contributed by atoms with van der Waals surface area (Å²) in [5.74, 6) is 2.43. The van der Waals surface area contributed by atoms with Crippen molar-refractivity contribution in [1.82, 2.24) is 10.2 Å². The van der Waals surface area contributed by atoms with Gasteiger partial charge in [0.15, 0.2) is 0 Å². The zero-order valence-electron chi connectivity index (χ0n) is 33.6. The maximum Gasteiger partial charge on any atom is 0.121 e. The van der Waals surface area contributed by atoms with Crippen molar-refractivity contribution in [2.75, 3.05) is 38.2 Å². The van der Waals surface area contributed by atoms with Crippen molar-refractivity contribution in [2.45, 2.75) is 104 Å². The Bertz CT molecular complexity index is 1670. The Morgan fingerprint density at radius 3 is 2.15 bits per heavy atom. The Morgan fingerprint density at radius 2 is 1.48 bits per heavy atom. The quantitative estimate of drug-likeness (QED) is 0.0344. The van der Waals surface area contributed by atoms with Gasteiger partial charge in [0.05, 0.1) is 31.2 Å². The predicted octanol–water partition coefficient (Wildman–Crippen LogP) is 8.36. The molecule has 8 heteroatoms. The highest BCUT2D eigenvalue weighted by Crippen LogP contribution is 2.35. The maximum absolute atomic E-state index is 11.1. The minimum Gasteiger partial charge on any atom is -0.508 e. The summed E-state index contributed by atoms with van der Waals surface area (Å²) in [4.78, 5) is 2.52. The van der Waals surface area contributed by atoms with Gasteiger partial charge in [0.2, 0.25) is 0 Å². The van der Waals surface area contributed by atoms with Gasteiger partial charge in [-0.05, 0) is 132 Å². The maximum atomic E-state index is 11.1. The fourth-order valence-electron chi connectivity index (χ4n) is 7.11. The molecule has 0 amide bonds. The average molecular weight is 758 g/mol. The van der Waals surface area contributed by atoms with Gasteiger partial charge in [0.25, 0.3) is 0 Å². The summed E-state index contributed by atoms with van der Waals surface area (Å²) in [7, 11) is 0. The largest absolute Gasteiger partial charge is 0.508 e. The van der Waals surface area contributed by atoms with Crippen molar-refractivity contribution in [1.29, 1.82) is 0 Å². The first-order chi connectivity index (χ1) is 25.9. The van der Waals surface area contributed by atoms with Crippen molar-refractivity contribution in [3.8, 4) is 17.2 Å². The number of rotatable bonds is 23. The average Bonchev–Trinajstić information content (AvgIpc) is 3.15. The van der Waals surface area contributed by atoms with Gasteiger partial charge in [-0.25, -0.2) is 0 Å². The first-order valence-corrected chi connectivity index (χ1v) is 21.1. The van der Waals surface area contributed by atoms with Crippen LogP contribution in [0.5, 0.6) is 17.2 Å². The Kier molecular flexibility index (Phi) is 17.2. The van der Waals surface area contributed by atoms with E-state index in [1.165, 1.54) is 22.9 Å².